The molecule has 4 aliphatic heterocycles. The summed E-state index contributed by atoms with van der Waals surface area (Å²) in [4.78, 5) is 39.4. The molecule has 8 atom stereocenters. The number of cyclic esters (lactones) is 2. The van der Waals surface area contributed by atoms with E-state index < -0.39 is 63.3 Å². The van der Waals surface area contributed by atoms with Crippen LogP contribution >= 0.6 is 0 Å². The molecule has 4 saturated heterocycles. The monoisotopic (exact) mass is 474 g/mol. The number of hydrogen-bond donors (Lipinski definition) is 2. The Kier molecular flexibility index (Phi) is 3.77. The van der Waals surface area contributed by atoms with Crippen molar-refractivity contribution in [3.63, 3.8) is 0 Å². The van der Waals surface area contributed by atoms with E-state index in [1.807, 2.05) is 13.8 Å². The Bertz CT molecular complexity index is 1140. The van der Waals surface area contributed by atoms with Gasteiger partial charge in [0.1, 0.15) is 23.2 Å². The van der Waals surface area contributed by atoms with Crippen LogP contribution in [0.1, 0.15) is 53.9 Å². The molecular formula is C25H30O9. The van der Waals surface area contributed by atoms with Gasteiger partial charge < -0.3 is 29.2 Å². The fourth-order valence-corrected chi connectivity index (χ4v) is 8.55. The zero-order valence-corrected chi connectivity index (χ0v) is 20.0. The molecule has 5 fully saturated rings. The molecule has 6 rings (SSSR count). The summed E-state index contributed by atoms with van der Waals surface area (Å²) in [5, 5.41) is 23.8. The smallest absolute Gasteiger partial charge is 0.344 e. The van der Waals surface area contributed by atoms with Crippen molar-refractivity contribution in [1.82, 2.24) is 0 Å². The fraction of sp³-hybridized carbons (Fsp3) is 0.720. The van der Waals surface area contributed by atoms with Crippen LogP contribution in [0.3, 0.4) is 0 Å². The van der Waals surface area contributed by atoms with Gasteiger partial charge in [0.15, 0.2) is 5.60 Å². The van der Waals surface area contributed by atoms with Crippen molar-refractivity contribution in [3.05, 3.63) is 23.3 Å². The first-order valence-corrected chi connectivity index (χ1v) is 11.8. The quantitative estimate of drug-likeness (QED) is 0.301. The van der Waals surface area contributed by atoms with Crippen LogP contribution in [-0.2, 0) is 33.3 Å². The molecule has 2 aliphatic carbocycles. The van der Waals surface area contributed by atoms with Gasteiger partial charge in [-0.3, -0.25) is 9.59 Å². The van der Waals surface area contributed by atoms with Gasteiger partial charge in [-0.1, -0.05) is 13.5 Å². The standard InChI is InChI=1S/C25H30O9/c1-11-22(6)17(27)16-13-10-31-14-9-15(26)33-20(3,4)23(13,14)8-7-21(16,5)24(11)18(28)32-12(2)25(24,30)19(29)34-22/h12,14,17,27,30H,1,7-10H2,2-6H3. The lowest BCUT2D eigenvalue weighted by Crippen LogP contribution is -2.78. The molecule has 0 radical (unpaired) electrons. The van der Waals surface area contributed by atoms with Crippen molar-refractivity contribution in [2.24, 2.45) is 16.2 Å². The molecule has 2 spiro atoms. The lowest BCUT2D eigenvalue weighted by atomic mass is 9.37. The first-order valence-electron chi connectivity index (χ1n) is 11.8. The van der Waals surface area contributed by atoms with Gasteiger partial charge in [0, 0.05) is 5.41 Å². The molecule has 2 bridgehead atoms. The number of hydrogen-bond acceptors (Lipinski definition) is 9. The van der Waals surface area contributed by atoms with Gasteiger partial charge in [0.25, 0.3) is 0 Å². The zero-order valence-electron chi connectivity index (χ0n) is 20.0. The molecule has 0 amide bonds. The van der Waals surface area contributed by atoms with Gasteiger partial charge in [-0.05, 0) is 57.3 Å². The van der Waals surface area contributed by atoms with Crippen LogP contribution in [0.4, 0.5) is 0 Å². The lowest BCUT2D eigenvalue weighted by molar-refractivity contribution is -0.243. The Hall–Kier alpha value is -2.23. The molecule has 184 valence electrons. The van der Waals surface area contributed by atoms with Gasteiger partial charge in [0.2, 0.25) is 5.60 Å². The molecule has 2 N–H and O–H groups in total. The van der Waals surface area contributed by atoms with Crippen LogP contribution in [0.25, 0.3) is 0 Å². The number of carbonyl (C=O) groups excluding carboxylic acids is 3. The van der Waals surface area contributed by atoms with Crippen molar-refractivity contribution in [2.75, 3.05) is 6.61 Å². The first kappa shape index (κ1) is 22.2. The number of ether oxygens (including phenoxy) is 4. The molecule has 9 heteroatoms. The minimum atomic E-state index is -2.31. The molecule has 0 aromatic heterocycles. The van der Waals surface area contributed by atoms with Gasteiger partial charge in [-0.25, -0.2) is 4.79 Å². The summed E-state index contributed by atoms with van der Waals surface area (Å²) in [6.07, 6.45) is -2.11. The number of rotatable bonds is 0. The lowest BCUT2D eigenvalue weighted by Gasteiger charge is -2.67. The molecule has 6 aliphatic rings. The predicted octanol–water partition coefficient (Wildman–Crippen LogP) is 1.10. The van der Waals surface area contributed by atoms with E-state index in [9.17, 15) is 24.6 Å². The number of esters is 3. The predicted molar refractivity (Wildman–Crippen MR) is 114 cm³/mol. The Morgan fingerprint density at radius 3 is 2.38 bits per heavy atom. The second-order valence-corrected chi connectivity index (χ2v) is 11.6. The third kappa shape index (κ3) is 1.81. The molecule has 8 unspecified atom stereocenters. The molecular weight excluding hydrogens is 444 g/mol. The summed E-state index contributed by atoms with van der Waals surface area (Å²) in [6, 6.07) is 0. The van der Waals surface area contributed by atoms with E-state index in [1.54, 1.807) is 6.92 Å². The number of aliphatic hydroxyl groups is 2. The normalized spacial score (nSPS) is 52.7. The Morgan fingerprint density at radius 1 is 1.03 bits per heavy atom. The van der Waals surface area contributed by atoms with Crippen molar-refractivity contribution in [2.45, 2.75) is 89.0 Å². The van der Waals surface area contributed by atoms with Crippen molar-refractivity contribution in [3.8, 4) is 0 Å². The summed E-state index contributed by atoms with van der Waals surface area (Å²) in [6.45, 7) is 12.7. The number of carbonyl (C=O) groups is 3. The second kappa shape index (κ2) is 5.77. The number of fused-ring (bicyclic) bond motifs is 2. The minimum Gasteiger partial charge on any atom is -0.459 e. The maximum absolute atomic E-state index is 13.7. The van der Waals surface area contributed by atoms with Crippen LogP contribution < -0.4 is 0 Å². The maximum atomic E-state index is 13.7. The van der Waals surface area contributed by atoms with Crippen molar-refractivity contribution < 1.29 is 43.5 Å². The average molecular weight is 475 g/mol. The SMILES string of the molecule is C=C1C2(C)OC(=O)C3(O)C(C)OC(=O)C13C1(C)CCC34C(=C1C2O)COC3CC(=O)OC4(C)C. The highest BCUT2D eigenvalue weighted by molar-refractivity contribution is 6.01. The molecule has 34 heavy (non-hydrogen) atoms. The number of aliphatic hydroxyl groups excluding tert-OH is 1. The highest BCUT2D eigenvalue weighted by atomic mass is 16.6. The summed E-state index contributed by atoms with van der Waals surface area (Å²) in [5.74, 6) is -2.10. The van der Waals surface area contributed by atoms with Crippen LogP contribution in [0.2, 0.25) is 0 Å². The fourth-order valence-electron chi connectivity index (χ4n) is 8.55. The van der Waals surface area contributed by atoms with E-state index in [4.69, 9.17) is 18.9 Å². The molecule has 1 saturated carbocycles. The van der Waals surface area contributed by atoms with Gasteiger partial charge in [-0.2, -0.15) is 0 Å². The largest absolute Gasteiger partial charge is 0.459 e. The van der Waals surface area contributed by atoms with E-state index in [0.29, 0.717) is 18.4 Å². The van der Waals surface area contributed by atoms with Crippen LogP contribution in [-0.4, -0.2) is 69.8 Å². The molecule has 0 aromatic rings. The topological polar surface area (TPSA) is 129 Å². The van der Waals surface area contributed by atoms with Crippen LogP contribution in [0, 0.1) is 16.2 Å². The van der Waals surface area contributed by atoms with E-state index in [1.165, 1.54) is 13.8 Å². The van der Waals surface area contributed by atoms with Crippen LogP contribution in [0.5, 0.6) is 0 Å². The second-order valence-electron chi connectivity index (χ2n) is 11.6. The Labute approximate surface area is 197 Å². The highest BCUT2D eigenvalue weighted by Gasteiger charge is 2.87. The van der Waals surface area contributed by atoms with Crippen LogP contribution in [0.15, 0.2) is 23.3 Å². The van der Waals surface area contributed by atoms with Gasteiger partial charge in [-0.15, -0.1) is 0 Å². The summed E-state index contributed by atoms with van der Waals surface area (Å²) < 4.78 is 23.2. The van der Waals surface area contributed by atoms with Crippen molar-refractivity contribution >= 4 is 17.9 Å². The van der Waals surface area contributed by atoms with Gasteiger partial charge in [0.05, 0.1) is 24.5 Å². The van der Waals surface area contributed by atoms with Crippen molar-refractivity contribution in [1.29, 1.82) is 0 Å². The Balaban J connectivity index is 1.71. The third-order valence-electron chi connectivity index (χ3n) is 10.3. The molecule has 0 aromatic carbocycles. The highest BCUT2D eigenvalue weighted by Crippen LogP contribution is 2.76. The van der Waals surface area contributed by atoms with Gasteiger partial charge >= 0.3 is 17.9 Å². The summed E-state index contributed by atoms with van der Waals surface area (Å²) >= 11 is 0. The summed E-state index contributed by atoms with van der Waals surface area (Å²) in [5.41, 5.74) is -7.34. The average Bonchev–Trinajstić information content (AvgIpc) is 3.20. The maximum Gasteiger partial charge on any atom is 0.344 e. The van der Waals surface area contributed by atoms with E-state index in [-0.39, 0.29) is 24.6 Å². The first-order chi connectivity index (χ1) is 15.7. The summed E-state index contributed by atoms with van der Waals surface area (Å²) in [7, 11) is 0. The van der Waals surface area contributed by atoms with E-state index in [0.717, 1.165) is 5.57 Å². The minimum absolute atomic E-state index is 0.0835. The molecule has 4 heterocycles. The third-order valence-corrected chi connectivity index (χ3v) is 10.3. The molecule has 9 nitrogen and oxygen atoms in total. The van der Waals surface area contributed by atoms with E-state index >= 15 is 0 Å². The van der Waals surface area contributed by atoms with E-state index in [2.05, 4.69) is 6.58 Å². The Morgan fingerprint density at radius 2 is 1.71 bits per heavy atom. The zero-order chi connectivity index (χ0) is 24.9.